The second-order valence-corrected chi connectivity index (χ2v) is 19.5. The fourth-order valence-electron chi connectivity index (χ4n) is 7.28. The zero-order valence-corrected chi connectivity index (χ0v) is 25.3. The third-order valence-electron chi connectivity index (χ3n) is 8.55. The summed E-state index contributed by atoms with van der Waals surface area (Å²) in [7, 11) is -3.94. The molecule has 0 aromatic heterocycles. The van der Waals surface area contributed by atoms with Crippen LogP contribution in [0, 0.1) is 11.3 Å². The molecule has 6 rings (SSSR count). The van der Waals surface area contributed by atoms with E-state index in [1.165, 1.54) is 10.5 Å². The van der Waals surface area contributed by atoms with Gasteiger partial charge in [-0.1, -0.05) is 127 Å². The lowest BCUT2D eigenvalue weighted by Crippen LogP contribution is -2.65. The maximum Gasteiger partial charge on any atom is 0.302 e. The van der Waals surface area contributed by atoms with Crippen LogP contribution in [0.25, 0.3) is 0 Å². The number of allylic oxidation sites excluding steroid dienone is 6. The van der Waals surface area contributed by atoms with Crippen LogP contribution in [0.3, 0.4) is 0 Å². The molecular weight excluding hydrogens is 503 g/mol. The molecule has 5 atom stereocenters. The Morgan fingerprint density at radius 1 is 0.974 bits per heavy atom. The van der Waals surface area contributed by atoms with Gasteiger partial charge >= 0.3 is 8.32 Å². The molecule has 2 aromatic carbocycles. The van der Waals surface area contributed by atoms with E-state index in [1.807, 2.05) is 10.8 Å². The largest absolute Gasteiger partial charge is 0.540 e. The van der Waals surface area contributed by atoms with Crippen LogP contribution in [0.5, 0.6) is 0 Å². The Hall–Kier alpha value is -2.75. The van der Waals surface area contributed by atoms with Crippen molar-refractivity contribution in [1.29, 1.82) is 0 Å². The standard InChI is InChI=1S/C32H37N2O2PSi/c1-22(35)34-33-26(23-16-10-8-11-17-23)27-25-20-14-15-21-32(25)29(37(27)34)28(30(2,3)4)36-38(32,31(5,6)7)24-18-12-9-13-19-24/h8-21,25,27H,1-7H3/t25-,27-,32+,37?,38-/m0/s1. The minimum absolute atomic E-state index is 0.00388. The Kier molecular flexibility index (Phi) is 5.62. The third kappa shape index (κ3) is 3.18. The van der Waals surface area contributed by atoms with E-state index in [1.54, 1.807) is 6.92 Å². The van der Waals surface area contributed by atoms with Crippen molar-refractivity contribution in [3.05, 3.63) is 102 Å². The van der Waals surface area contributed by atoms with Crippen LogP contribution >= 0.6 is 8.07 Å². The number of fused-ring (bicyclic) bond motifs is 3. The highest BCUT2D eigenvalue weighted by atomic mass is 31.1. The lowest BCUT2D eigenvalue weighted by atomic mass is 9.80. The minimum Gasteiger partial charge on any atom is -0.540 e. The normalized spacial score (nSPS) is 31.6. The molecule has 1 amide bonds. The van der Waals surface area contributed by atoms with Crippen LogP contribution in [-0.2, 0) is 9.22 Å². The highest BCUT2D eigenvalue weighted by Crippen LogP contribution is 2.85. The predicted octanol–water partition coefficient (Wildman–Crippen LogP) is 7.46. The Morgan fingerprint density at radius 2 is 1.61 bits per heavy atom. The minimum atomic E-state index is -2.85. The van der Waals surface area contributed by atoms with E-state index in [-0.39, 0.29) is 33.0 Å². The second-order valence-electron chi connectivity index (χ2n) is 12.9. The van der Waals surface area contributed by atoms with Gasteiger partial charge in [-0.2, -0.15) is 5.10 Å². The lowest BCUT2D eigenvalue weighted by molar-refractivity contribution is -0.124. The summed E-state index contributed by atoms with van der Waals surface area (Å²) in [6, 6.07) is 21.4. The third-order valence-corrected chi connectivity index (χ3v) is 17.3. The molecule has 1 unspecified atom stereocenters. The molecule has 196 valence electrons. The van der Waals surface area contributed by atoms with Crippen LogP contribution in [-0.4, -0.2) is 30.4 Å². The van der Waals surface area contributed by atoms with Gasteiger partial charge in [0.2, 0.25) is 5.91 Å². The zero-order valence-electron chi connectivity index (χ0n) is 23.4. The average Bonchev–Trinajstić information content (AvgIpc) is 3.48. The summed E-state index contributed by atoms with van der Waals surface area (Å²) in [5, 5.41) is 7.30. The van der Waals surface area contributed by atoms with E-state index < -0.39 is 16.4 Å². The lowest BCUT2D eigenvalue weighted by Gasteiger charge is -2.51. The summed E-state index contributed by atoms with van der Waals surface area (Å²) in [6.07, 6.45) is 9.31. The first-order valence-corrected chi connectivity index (χ1v) is 16.8. The van der Waals surface area contributed by atoms with Crippen molar-refractivity contribution in [2.24, 2.45) is 16.4 Å². The molecular formula is C32H37N2O2PSi. The maximum atomic E-state index is 13.3. The molecule has 0 radical (unpaired) electrons. The smallest absolute Gasteiger partial charge is 0.302 e. The van der Waals surface area contributed by atoms with Crippen molar-refractivity contribution >= 4 is 33.2 Å². The molecule has 4 aliphatic rings. The second kappa shape index (κ2) is 8.37. The van der Waals surface area contributed by atoms with Crippen LogP contribution in [0.4, 0.5) is 0 Å². The van der Waals surface area contributed by atoms with Gasteiger partial charge < -0.3 is 4.43 Å². The molecule has 0 N–H and O–H groups in total. The van der Waals surface area contributed by atoms with Crippen molar-refractivity contribution in [2.75, 3.05) is 0 Å². The van der Waals surface area contributed by atoms with Gasteiger partial charge in [0.25, 0.3) is 0 Å². The number of hydrazone groups is 1. The molecule has 3 heterocycles. The quantitative estimate of drug-likeness (QED) is 0.293. The van der Waals surface area contributed by atoms with Crippen LogP contribution in [0.2, 0.25) is 10.1 Å². The number of benzene rings is 2. The van der Waals surface area contributed by atoms with E-state index >= 15 is 0 Å². The summed E-state index contributed by atoms with van der Waals surface area (Å²) in [6.45, 7) is 15.5. The van der Waals surface area contributed by atoms with Crippen LogP contribution in [0.15, 0.2) is 101 Å². The predicted molar refractivity (Wildman–Crippen MR) is 160 cm³/mol. The molecule has 1 saturated heterocycles. The zero-order chi connectivity index (χ0) is 27.1. The summed E-state index contributed by atoms with van der Waals surface area (Å²) in [5.41, 5.74) is 2.04. The van der Waals surface area contributed by atoms with Crippen LogP contribution in [0.1, 0.15) is 54.0 Å². The first-order valence-electron chi connectivity index (χ1n) is 13.5. The first-order chi connectivity index (χ1) is 17.9. The summed E-state index contributed by atoms with van der Waals surface area (Å²) in [4.78, 5) is 13.3. The van der Waals surface area contributed by atoms with Crippen molar-refractivity contribution in [3.8, 4) is 0 Å². The van der Waals surface area contributed by atoms with Crippen LogP contribution < -0.4 is 5.19 Å². The SMILES string of the molecule is CC(=O)N1N=C(c2ccccc2)[C@@H]2[C@@H]3C=CC=C[C@]34C(=C(C(C)(C)C)O[Si@@]4(c3ccccc3)C(C)(C)C)P21. The fourth-order valence-corrected chi connectivity index (χ4v) is 17.8. The molecule has 6 heteroatoms. The van der Waals surface area contributed by atoms with E-state index in [0.717, 1.165) is 17.0 Å². The molecule has 0 saturated carbocycles. The van der Waals surface area contributed by atoms with Gasteiger partial charge in [0.05, 0.1) is 30.2 Å². The van der Waals surface area contributed by atoms with Crippen molar-refractivity contribution < 1.29 is 9.22 Å². The summed E-state index contributed by atoms with van der Waals surface area (Å²) < 4.78 is 9.47. The number of amides is 1. The van der Waals surface area contributed by atoms with Crippen molar-refractivity contribution in [1.82, 2.24) is 4.78 Å². The van der Waals surface area contributed by atoms with E-state index in [0.29, 0.717) is 0 Å². The van der Waals surface area contributed by atoms with E-state index in [9.17, 15) is 4.79 Å². The number of carbonyl (C=O) groups is 1. The Balaban J connectivity index is 1.72. The Bertz CT molecular complexity index is 1420. The van der Waals surface area contributed by atoms with Gasteiger partial charge in [-0.15, -0.1) is 0 Å². The molecule has 1 spiro atoms. The highest BCUT2D eigenvalue weighted by Gasteiger charge is 2.79. The van der Waals surface area contributed by atoms with Gasteiger partial charge in [0.1, 0.15) is 0 Å². The molecule has 3 aliphatic heterocycles. The highest BCUT2D eigenvalue weighted by molar-refractivity contribution is 7.64. The molecule has 1 fully saturated rings. The van der Waals surface area contributed by atoms with Crippen molar-refractivity contribution in [3.63, 3.8) is 0 Å². The van der Waals surface area contributed by atoms with Gasteiger partial charge in [-0.25, -0.2) is 4.78 Å². The number of hydrogen-bond donors (Lipinski definition) is 0. The number of carbonyl (C=O) groups excluding carboxylic acids is 1. The van der Waals surface area contributed by atoms with Crippen molar-refractivity contribution in [2.45, 2.75) is 64.2 Å². The number of hydrogen-bond acceptors (Lipinski definition) is 3. The maximum absolute atomic E-state index is 13.3. The monoisotopic (exact) mass is 540 g/mol. The Morgan fingerprint density at radius 3 is 2.18 bits per heavy atom. The van der Waals surface area contributed by atoms with Gasteiger partial charge in [0, 0.05) is 23.6 Å². The molecule has 38 heavy (non-hydrogen) atoms. The molecule has 0 bridgehead atoms. The van der Waals surface area contributed by atoms with Gasteiger partial charge in [0.15, 0.2) is 0 Å². The Labute approximate surface area is 229 Å². The molecule has 4 nitrogen and oxygen atoms in total. The molecule has 1 aliphatic carbocycles. The summed E-state index contributed by atoms with van der Waals surface area (Å²) in [5.74, 6) is 1.24. The van der Waals surface area contributed by atoms with E-state index in [2.05, 4.69) is 120 Å². The molecule has 2 aromatic rings. The topological polar surface area (TPSA) is 41.9 Å². The average molecular weight is 541 g/mol. The number of nitrogens with zero attached hydrogens (tertiary/aromatic N) is 2. The van der Waals surface area contributed by atoms with E-state index in [4.69, 9.17) is 9.53 Å². The number of rotatable bonds is 2. The van der Waals surface area contributed by atoms with Gasteiger partial charge in [-0.3, -0.25) is 4.79 Å². The summed E-state index contributed by atoms with van der Waals surface area (Å²) >= 11 is 0. The fraction of sp³-hybridized carbons (Fsp3) is 0.375. The first kappa shape index (κ1) is 25.5. The van der Waals surface area contributed by atoms with Gasteiger partial charge in [-0.05, 0) is 15.8 Å².